The lowest BCUT2D eigenvalue weighted by Gasteiger charge is -2.22. The summed E-state index contributed by atoms with van der Waals surface area (Å²) in [5.74, 6) is -2.83. The number of piperidine rings is 1. The molecule has 1 aliphatic rings. The molecule has 1 aromatic rings. The second kappa shape index (κ2) is 5.03. The summed E-state index contributed by atoms with van der Waals surface area (Å²) in [7, 11) is 0. The number of rotatable bonds is 2. The standard InChI is InChI=1S/C12H10F3NO4/c13-12(14,15)20-6-1-2-7(9(17)5-6)8-3-4-10(18)16-11(8)19/h1-2,5,8,17H,3-4H2,(H,16,18,19). The van der Waals surface area contributed by atoms with Crippen LogP contribution in [0.2, 0.25) is 0 Å². The molecule has 1 fully saturated rings. The molecule has 1 unspecified atom stereocenters. The monoisotopic (exact) mass is 289 g/mol. The van der Waals surface area contributed by atoms with Gasteiger partial charge in [-0.15, -0.1) is 13.2 Å². The van der Waals surface area contributed by atoms with Crippen LogP contribution in [0, 0.1) is 0 Å². The van der Waals surface area contributed by atoms with Crippen molar-refractivity contribution in [1.82, 2.24) is 5.32 Å². The van der Waals surface area contributed by atoms with E-state index in [0.717, 1.165) is 12.1 Å². The van der Waals surface area contributed by atoms with E-state index in [2.05, 4.69) is 10.1 Å². The minimum absolute atomic E-state index is 0.108. The van der Waals surface area contributed by atoms with Crippen molar-refractivity contribution in [2.75, 3.05) is 0 Å². The second-order valence-electron chi connectivity index (χ2n) is 4.27. The van der Waals surface area contributed by atoms with Crippen LogP contribution in [0.3, 0.4) is 0 Å². The van der Waals surface area contributed by atoms with Gasteiger partial charge in [0.25, 0.3) is 0 Å². The number of carbonyl (C=O) groups excluding carboxylic acids is 2. The largest absolute Gasteiger partial charge is 0.573 e. The van der Waals surface area contributed by atoms with Gasteiger partial charge < -0.3 is 9.84 Å². The molecule has 1 aliphatic heterocycles. The number of phenols is 1. The molecule has 1 atom stereocenters. The Morgan fingerprint density at radius 3 is 2.55 bits per heavy atom. The number of benzene rings is 1. The van der Waals surface area contributed by atoms with Crippen LogP contribution in [0.15, 0.2) is 18.2 Å². The number of amides is 2. The molecule has 2 amide bonds. The Bertz CT molecular complexity index is 556. The minimum Gasteiger partial charge on any atom is -0.508 e. The zero-order valence-corrected chi connectivity index (χ0v) is 10.0. The maximum Gasteiger partial charge on any atom is 0.573 e. The molecule has 0 aromatic heterocycles. The molecule has 108 valence electrons. The SMILES string of the molecule is O=C1CCC(c2ccc(OC(F)(F)F)cc2O)C(=O)N1. The van der Waals surface area contributed by atoms with Crippen LogP contribution >= 0.6 is 0 Å². The molecule has 1 heterocycles. The highest BCUT2D eigenvalue weighted by atomic mass is 19.4. The number of hydrogen-bond donors (Lipinski definition) is 2. The van der Waals surface area contributed by atoms with Crippen molar-refractivity contribution < 1.29 is 32.6 Å². The molecule has 1 aromatic carbocycles. The first-order valence-corrected chi connectivity index (χ1v) is 5.68. The van der Waals surface area contributed by atoms with Gasteiger partial charge in [0.05, 0.1) is 5.92 Å². The summed E-state index contributed by atoms with van der Waals surface area (Å²) in [6, 6.07) is 2.97. The average Bonchev–Trinajstić information content (AvgIpc) is 2.28. The van der Waals surface area contributed by atoms with Crippen molar-refractivity contribution in [2.24, 2.45) is 0 Å². The third kappa shape index (κ3) is 3.19. The van der Waals surface area contributed by atoms with E-state index in [9.17, 15) is 27.9 Å². The third-order valence-corrected chi connectivity index (χ3v) is 2.85. The number of aromatic hydroxyl groups is 1. The molecule has 0 saturated carbocycles. The minimum atomic E-state index is -4.86. The molecule has 1 saturated heterocycles. The molecule has 5 nitrogen and oxygen atoms in total. The van der Waals surface area contributed by atoms with E-state index in [-0.39, 0.29) is 18.4 Å². The Hall–Kier alpha value is -2.25. The first kappa shape index (κ1) is 14.2. The van der Waals surface area contributed by atoms with Crippen LogP contribution in [-0.2, 0) is 9.59 Å². The van der Waals surface area contributed by atoms with E-state index in [1.54, 1.807) is 0 Å². The lowest BCUT2D eigenvalue weighted by molar-refractivity contribution is -0.274. The number of halogens is 3. The lowest BCUT2D eigenvalue weighted by atomic mass is 9.90. The Kier molecular flexibility index (Phi) is 3.56. The second-order valence-corrected chi connectivity index (χ2v) is 4.27. The average molecular weight is 289 g/mol. The highest BCUT2D eigenvalue weighted by molar-refractivity contribution is 6.01. The Morgan fingerprint density at radius 1 is 1.30 bits per heavy atom. The van der Waals surface area contributed by atoms with Gasteiger partial charge in [0, 0.05) is 18.1 Å². The van der Waals surface area contributed by atoms with Crippen molar-refractivity contribution in [1.29, 1.82) is 0 Å². The van der Waals surface area contributed by atoms with Crippen LogP contribution < -0.4 is 10.1 Å². The molecule has 20 heavy (non-hydrogen) atoms. The fourth-order valence-electron chi connectivity index (χ4n) is 2.01. The molecule has 0 bridgehead atoms. The number of alkyl halides is 3. The highest BCUT2D eigenvalue weighted by Gasteiger charge is 2.33. The summed E-state index contributed by atoms with van der Waals surface area (Å²) >= 11 is 0. The number of imide groups is 1. The van der Waals surface area contributed by atoms with Gasteiger partial charge in [-0.05, 0) is 12.5 Å². The maximum atomic E-state index is 12.0. The van der Waals surface area contributed by atoms with Crippen LogP contribution in [0.25, 0.3) is 0 Å². The zero-order valence-electron chi connectivity index (χ0n) is 10.0. The lowest BCUT2D eigenvalue weighted by Crippen LogP contribution is -2.39. The molecule has 8 heteroatoms. The first-order valence-electron chi connectivity index (χ1n) is 5.68. The predicted molar refractivity (Wildman–Crippen MR) is 59.9 cm³/mol. The van der Waals surface area contributed by atoms with E-state index in [4.69, 9.17) is 0 Å². The smallest absolute Gasteiger partial charge is 0.508 e. The third-order valence-electron chi connectivity index (χ3n) is 2.85. The maximum absolute atomic E-state index is 12.0. The first-order chi connectivity index (χ1) is 9.26. The predicted octanol–water partition coefficient (Wildman–Crippen LogP) is 1.81. The summed E-state index contributed by atoms with van der Waals surface area (Å²) in [6.07, 6.45) is -4.56. The van der Waals surface area contributed by atoms with Crippen molar-refractivity contribution in [2.45, 2.75) is 25.1 Å². The van der Waals surface area contributed by atoms with Gasteiger partial charge in [0.1, 0.15) is 11.5 Å². The summed E-state index contributed by atoms with van der Waals surface area (Å²) in [6.45, 7) is 0. The van der Waals surface area contributed by atoms with Crippen LogP contribution in [0.5, 0.6) is 11.5 Å². The Morgan fingerprint density at radius 2 is 2.00 bits per heavy atom. The quantitative estimate of drug-likeness (QED) is 0.814. The van der Waals surface area contributed by atoms with E-state index < -0.39 is 35.6 Å². The number of hydrogen-bond acceptors (Lipinski definition) is 4. The fraction of sp³-hybridized carbons (Fsp3) is 0.333. The number of nitrogens with one attached hydrogen (secondary N) is 1. The van der Waals surface area contributed by atoms with Gasteiger partial charge in [-0.25, -0.2) is 0 Å². The molecule has 0 aliphatic carbocycles. The summed E-state index contributed by atoms with van der Waals surface area (Å²) in [4.78, 5) is 22.6. The number of phenolic OH excluding ortho intramolecular Hbond substituents is 1. The molecular weight excluding hydrogens is 279 g/mol. The van der Waals surface area contributed by atoms with Gasteiger partial charge in [-0.3, -0.25) is 14.9 Å². The molecule has 0 spiro atoms. The van der Waals surface area contributed by atoms with E-state index in [1.165, 1.54) is 6.07 Å². The molecule has 0 radical (unpaired) electrons. The van der Waals surface area contributed by atoms with E-state index in [1.807, 2.05) is 0 Å². The van der Waals surface area contributed by atoms with Crippen LogP contribution in [0.4, 0.5) is 13.2 Å². The summed E-state index contributed by atoms with van der Waals surface area (Å²) < 4.78 is 39.7. The van der Waals surface area contributed by atoms with Crippen LogP contribution in [0.1, 0.15) is 24.3 Å². The van der Waals surface area contributed by atoms with Gasteiger partial charge in [0.15, 0.2) is 0 Å². The highest BCUT2D eigenvalue weighted by Crippen LogP contribution is 2.35. The van der Waals surface area contributed by atoms with Gasteiger partial charge in [-0.2, -0.15) is 0 Å². The Balaban J connectivity index is 2.22. The van der Waals surface area contributed by atoms with Gasteiger partial charge >= 0.3 is 6.36 Å². The molecule has 2 rings (SSSR count). The van der Waals surface area contributed by atoms with Crippen LogP contribution in [-0.4, -0.2) is 23.3 Å². The normalized spacial score (nSPS) is 19.6. The van der Waals surface area contributed by atoms with Gasteiger partial charge in [0.2, 0.25) is 11.8 Å². The summed E-state index contributed by atoms with van der Waals surface area (Å²) in [5.41, 5.74) is 0.157. The van der Waals surface area contributed by atoms with Crippen molar-refractivity contribution in [3.8, 4) is 11.5 Å². The molecule has 2 N–H and O–H groups in total. The Labute approximate surface area is 111 Å². The fourth-order valence-corrected chi connectivity index (χ4v) is 2.01. The number of ether oxygens (including phenoxy) is 1. The molecular formula is C12H10F3NO4. The topological polar surface area (TPSA) is 75.6 Å². The summed E-state index contributed by atoms with van der Waals surface area (Å²) in [5, 5.41) is 11.8. The van der Waals surface area contributed by atoms with E-state index >= 15 is 0 Å². The van der Waals surface area contributed by atoms with Gasteiger partial charge in [-0.1, -0.05) is 6.07 Å². The van der Waals surface area contributed by atoms with Crippen molar-refractivity contribution in [3.05, 3.63) is 23.8 Å². The zero-order chi connectivity index (χ0) is 14.9. The number of carbonyl (C=O) groups is 2. The van der Waals surface area contributed by atoms with Crippen molar-refractivity contribution >= 4 is 11.8 Å². The van der Waals surface area contributed by atoms with Crippen molar-refractivity contribution in [3.63, 3.8) is 0 Å². The van der Waals surface area contributed by atoms with E-state index in [0.29, 0.717) is 0 Å².